The Kier molecular flexibility index (Phi) is 12.0. The Balaban J connectivity index is 1.13. The van der Waals surface area contributed by atoms with Crippen molar-refractivity contribution in [3.63, 3.8) is 0 Å². The standard InChI is InChI=1S/C40H51BN5O4Si/c1-28-38(29(2)46(44-28)27-50-22-23-51(3,4)5)33-12-15-35(16-13-33)42-40(48)39(43-41-26-47)36-17-14-32-10-11-34(24-37(32)36)31-8-6-30(7-9-31)25-45-18-20-49-21-19-45/h6-13,15-16,24,26,36,39,43H,14,17-23,25,27H2,1-5H3,(H,42,48)/t36-,39+/m1/s1. The molecule has 2 heterocycles. The van der Waals surface area contributed by atoms with Crippen LogP contribution in [0.25, 0.3) is 22.3 Å². The topological polar surface area (TPSA) is 97.7 Å². The van der Waals surface area contributed by atoms with Crippen LogP contribution in [0.15, 0.2) is 66.7 Å². The van der Waals surface area contributed by atoms with Crippen LogP contribution < -0.4 is 10.5 Å². The Labute approximate surface area is 304 Å². The summed E-state index contributed by atoms with van der Waals surface area (Å²) in [5.74, 6) is -0.257. The highest BCUT2D eigenvalue weighted by Gasteiger charge is 2.34. The quantitative estimate of drug-likeness (QED) is 0.0839. The second kappa shape index (κ2) is 16.6. The van der Waals surface area contributed by atoms with Crippen LogP contribution in [0.4, 0.5) is 5.69 Å². The highest BCUT2D eigenvalue weighted by atomic mass is 28.3. The number of hydrogen-bond donors (Lipinski definition) is 2. The van der Waals surface area contributed by atoms with Crippen molar-refractivity contribution in [2.24, 2.45) is 0 Å². The summed E-state index contributed by atoms with van der Waals surface area (Å²) in [6, 6.07) is 23.8. The van der Waals surface area contributed by atoms with Gasteiger partial charge in [0.15, 0.2) is 0 Å². The average molecular weight is 705 g/mol. The van der Waals surface area contributed by atoms with E-state index in [4.69, 9.17) is 14.6 Å². The zero-order chi connectivity index (χ0) is 36.0. The van der Waals surface area contributed by atoms with E-state index in [0.717, 1.165) is 97.5 Å². The molecule has 6 rings (SSSR count). The molecule has 9 nitrogen and oxygen atoms in total. The lowest BCUT2D eigenvalue weighted by atomic mass is 9.86. The normalized spacial score (nSPS) is 16.8. The summed E-state index contributed by atoms with van der Waals surface area (Å²) in [4.78, 5) is 27.7. The minimum absolute atomic E-state index is 0.0832. The van der Waals surface area contributed by atoms with Crippen molar-refractivity contribution in [2.75, 3.05) is 38.2 Å². The summed E-state index contributed by atoms with van der Waals surface area (Å²) < 4.78 is 13.4. The number of hydrogen-bond acceptors (Lipinski definition) is 7. The molecule has 1 amide bonds. The number of ether oxygens (including phenoxy) is 2. The predicted octanol–water partition coefficient (Wildman–Crippen LogP) is 6.41. The molecular weight excluding hydrogens is 653 g/mol. The molecule has 2 N–H and O–H groups in total. The van der Waals surface area contributed by atoms with Gasteiger partial charge in [0.05, 0.1) is 31.1 Å². The molecule has 51 heavy (non-hydrogen) atoms. The second-order valence-corrected chi connectivity index (χ2v) is 20.7. The third kappa shape index (κ3) is 9.33. The first-order valence-electron chi connectivity index (χ1n) is 18.2. The molecule has 1 aromatic heterocycles. The van der Waals surface area contributed by atoms with E-state index in [0.29, 0.717) is 18.6 Å². The SMILES string of the molecule is Cc1nn(COCC[Si](C)(C)C)c(C)c1-c1ccc(NC(=O)[C@@H](N[B]C=O)[C@@H]2CCc3ccc(-c4ccc(CN5CCOCC5)cc4)cc32)cc1. The summed E-state index contributed by atoms with van der Waals surface area (Å²) >= 11 is 0. The number of nitrogens with one attached hydrogen (secondary N) is 2. The summed E-state index contributed by atoms with van der Waals surface area (Å²) in [6.07, 6.45) is 2.40. The maximum absolute atomic E-state index is 13.9. The third-order valence-corrected chi connectivity index (χ3v) is 11.8. The number of carbonyl (C=O) groups excluding carboxylic acids is 2. The van der Waals surface area contributed by atoms with Crippen molar-refractivity contribution < 1.29 is 19.1 Å². The molecule has 11 heteroatoms. The van der Waals surface area contributed by atoms with Gasteiger partial charge < -0.3 is 24.8 Å². The van der Waals surface area contributed by atoms with E-state index in [1.165, 1.54) is 18.5 Å². The number of fused-ring (bicyclic) bond motifs is 1. The minimum atomic E-state index is -1.15. The highest BCUT2D eigenvalue weighted by molar-refractivity contribution is 6.76. The zero-order valence-corrected chi connectivity index (χ0v) is 31.7. The van der Waals surface area contributed by atoms with Crippen molar-refractivity contribution >= 4 is 33.3 Å². The number of rotatable bonds is 15. The smallest absolute Gasteiger partial charge is 0.291 e. The predicted molar refractivity (Wildman–Crippen MR) is 208 cm³/mol. The number of morpholine rings is 1. The molecule has 0 saturated carbocycles. The lowest BCUT2D eigenvalue weighted by molar-refractivity contribution is -0.118. The first-order chi connectivity index (χ1) is 24.6. The summed E-state index contributed by atoms with van der Waals surface area (Å²) in [5.41, 5.74) is 10.8. The van der Waals surface area contributed by atoms with Gasteiger partial charge >= 0.3 is 0 Å². The van der Waals surface area contributed by atoms with Gasteiger partial charge in [-0.3, -0.25) is 9.69 Å². The highest BCUT2D eigenvalue weighted by Crippen LogP contribution is 2.39. The van der Waals surface area contributed by atoms with E-state index in [1.807, 2.05) is 35.9 Å². The van der Waals surface area contributed by atoms with Crippen LogP contribution in [0.3, 0.4) is 0 Å². The molecule has 4 aromatic rings. The van der Waals surface area contributed by atoms with Gasteiger partial charge in [0.1, 0.15) is 6.73 Å². The van der Waals surface area contributed by atoms with E-state index in [-0.39, 0.29) is 11.8 Å². The number of aromatic nitrogens is 2. The molecule has 1 aliphatic heterocycles. The van der Waals surface area contributed by atoms with Crippen LogP contribution in [0.5, 0.6) is 0 Å². The molecule has 267 valence electrons. The van der Waals surface area contributed by atoms with Gasteiger partial charge in [-0.1, -0.05) is 74.2 Å². The second-order valence-electron chi connectivity index (χ2n) is 15.1. The largest absolute Gasteiger partial charge is 0.379 e. The molecule has 0 bridgehead atoms. The fourth-order valence-corrected chi connectivity index (χ4v) is 7.96. The fourth-order valence-electron chi connectivity index (χ4n) is 7.21. The molecular formula is C40H51BN5O4Si. The Hall–Kier alpha value is -3.87. The van der Waals surface area contributed by atoms with Crippen molar-refractivity contribution in [2.45, 2.75) is 77.6 Å². The average Bonchev–Trinajstić information content (AvgIpc) is 3.66. The van der Waals surface area contributed by atoms with Crippen LogP contribution in [0.2, 0.25) is 25.7 Å². The maximum Gasteiger partial charge on any atom is 0.291 e. The first kappa shape index (κ1) is 36.9. The Morgan fingerprint density at radius 1 is 1.02 bits per heavy atom. The monoisotopic (exact) mass is 704 g/mol. The molecule has 2 aliphatic rings. The van der Waals surface area contributed by atoms with Crippen LogP contribution in [0, 0.1) is 13.8 Å². The number of anilines is 1. The first-order valence-corrected chi connectivity index (χ1v) is 21.9. The van der Waals surface area contributed by atoms with Gasteiger partial charge in [0, 0.05) is 57.2 Å². The molecule has 0 unspecified atom stereocenters. The van der Waals surface area contributed by atoms with E-state index in [2.05, 4.69) is 84.5 Å². The van der Waals surface area contributed by atoms with Gasteiger partial charge in [-0.15, -0.1) is 0 Å². The molecule has 2 atom stereocenters. The molecule has 0 spiro atoms. The summed E-state index contributed by atoms with van der Waals surface area (Å²) in [7, 11) is 0.179. The van der Waals surface area contributed by atoms with Crippen molar-refractivity contribution in [1.82, 2.24) is 19.9 Å². The van der Waals surface area contributed by atoms with Gasteiger partial charge in [0.25, 0.3) is 7.41 Å². The molecule has 1 saturated heterocycles. The Morgan fingerprint density at radius 3 is 2.43 bits per heavy atom. The molecule has 1 aliphatic carbocycles. The van der Waals surface area contributed by atoms with Gasteiger partial charge in [-0.25, -0.2) is 4.68 Å². The summed E-state index contributed by atoms with van der Waals surface area (Å²) in [5, 5.41) is 11.0. The fraction of sp³-hybridized carbons (Fsp3) is 0.425. The Morgan fingerprint density at radius 2 is 1.73 bits per heavy atom. The van der Waals surface area contributed by atoms with Crippen molar-refractivity contribution in [3.8, 4) is 22.3 Å². The Bertz CT molecular complexity index is 1800. The lowest BCUT2D eigenvalue weighted by Gasteiger charge is -2.26. The minimum Gasteiger partial charge on any atom is -0.379 e. The number of nitrogens with zero attached hydrogens (tertiary/aromatic N) is 3. The van der Waals surface area contributed by atoms with Crippen LogP contribution in [-0.4, -0.2) is 81.2 Å². The number of carbonyl (C=O) groups is 2. The van der Waals surface area contributed by atoms with E-state index in [1.54, 1.807) is 0 Å². The third-order valence-electron chi connectivity index (χ3n) is 10.1. The van der Waals surface area contributed by atoms with E-state index in [9.17, 15) is 9.59 Å². The summed E-state index contributed by atoms with van der Waals surface area (Å²) in [6.45, 7) is 16.7. The van der Waals surface area contributed by atoms with E-state index < -0.39 is 14.1 Å². The van der Waals surface area contributed by atoms with Crippen molar-refractivity contribution in [1.29, 1.82) is 0 Å². The van der Waals surface area contributed by atoms with E-state index >= 15 is 0 Å². The molecule has 3 aromatic carbocycles. The van der Waals surface area contributed by atoms with Gasteiger partial charge in [0.2, 0.25) is 5.91 Å². The van der Waals surface area contributed by atoms with Gasteiger partial charge in [-0.05, 0) is 78.2 Å². The molecule has 1 fully saturated rings. The number of benzene rings is 3. The number of amides is 1. The maximum atomic E-state index is 13.9. The van der Waals surface area contributed by atoms with Crippen LogP contribution in [0.1, 0.15) is 40.4 Å². The van der Waals surface area contributed by atoms with Crippen LogP contribution >= 0.6 is 0 Å². The molecule has 1 radical (unpaired) electrons. The van der Waals surface area contributed by atoms with Gasteiger partial charge in [-0.2, -0.15) is 5.10 Å². The van der Waals surface area contributed by atoms with Crippen LogP contribution in [-0.2, 0) is 38.8 Å². The number of aryl methyl sites for hydroxylation is 2. The van der Waals surface area contributed by atoms with Crippen molar-refractivity contribution in [3.05, 3.63) is 94.8 Å². The zero-order valence-electron chi connectivity index (χ0n) is 30.7. The lowest BCUT2D eigenvalue weighted by Crippen LogP contribution is -2.46.